The summed E-state index contributed by atoms with van der Waals surface area (Å²) < 4.78 is 1.66. The third-order valence-corrected chi connectivity index (χ3v) is 5.05. The summed E-state index contributed by atoms with van der Waals surface area (Å²) in [4.78, 5) is 4.13. The van der Waals surface area contributed by atoms with E-state index in [-0.39, 0.29) is 24.0 Å². The van der Waals surface area contributed by atoms with Crippen LogP contribution in [0.3, 0.4) is 0 Å². The maximum absolute atomic E-state index is 10.5. The fraction of sp³-hybridized carbons (Fsp3) is 0.714. The number of guanidine groups is 1. The Morgan fingerprint density at radius 3 is 2.83 bits per heavy atom. The molecule has 9 heteroatoms. The van der Waals surface area contributed by atoms with Crippen molar-refractivity contribution in [3.63, 3.8) is 0 Å². The molecular weight excluding hydrogens is 429 g/mol. The molecule has 1 aromatic rings. The monoisotopic (exact) mass is 455 g/mol. The molecule has 1 saturated heterocycles. The minimum Gasteiger partial charge on any atom is -0.387 e. The quantitative estimate of drug-likeness (QED) is 0.290. The van der Waals surface area contributed by atoms with Gasteiger partial charge < -0.3 is 20.8 Å². The van der Waals surface area contributed by atoms with Crippen molar-refractivity contribution in [3.8, 4) is 0 Å². The van der Waals surface area contributed by atoms with Crippen LogP contribution in [0, 0.1) is 0 Å². The summed E-state index contributed by atoms with van der Waals surface area (Å²) in [6.07, 6.45) is 4.22. The van der Waals surface area contributed by atoms with Gasteiger partial charge in [0.25, 0.3) is 0 Å². The molecule has 1 aliphatic rings. The molecular formula is C14H26IN5O2S. The number of hydrogen-bond acceptors (Lipinski definition) is 5. The molecule has 2 rings (SSSR count). The third kappa shape index (κ3) is 5.80. The van der Waals surface area contributed by atoms with E-state index in [1.165, 1.54) is 0 Å². The zero-order valence-electron chi connectivity index (χ0n) is 13.7. The molecule has 0 radical (unpaired) electrons. The second-order valence-electron chi connectivity index (χ2n) is 5.98. The highest BCUT2D eigenvalue weighted by Gasteiger charge is 2.32. The minimum atomic E-state index is -1.05. The van der Waals surface area contributed by atoms with Crippen LogP contribution in [0.15, 0.2) is 17.4 Å². The second-order valence-corrected chi connectivity index (χ2v) is 7.09. The van der Waals surface area contributed by atoms with E-state index in [9.17, 15) is 10.2 Å². The Balaban J connectivity index is 0.00000264. The predicted molar refractivity (Wildman–Crippen MR) is 104 cm³/mol. The third-order valence-electron chi connectivity index (χ3n) is 3.82. The fourth-order valence-corrected chi connectivity index (χ4v) is 3.56. The Kier molecular flexibility index (Phi) is 7.62. The van der Waals surface area contributed by atoms with Gasteiger partial charge in [0.15, 0.2) is 5.96 Å². The highest BCUT2D eigenvalue weighted by Crippen LogP contribution is 2.26. The minimum absolute atomic E-state index is 0. The molecule has 0 amide bonds. The first-order valence-electron chi connectivity index (χ1n) is 7.31. The van der Waals surface area contributed by atoms with Gasteiger partial charge in [-0.3, -0.25) is 9.67 Å². The summed E-state index contributed by atoms with van der Waals surface area (Å²) in [5.74, 6) is 2.29. The number of aliphatic hydroxyl groups is 2. The lowest BCUT2D eigenvalue weighted by Crippen LogP contribution is -2.49. The van der Waals surface area contributed by atoms with E-state index in [2.05, 4.69) is 20.7 Å². The number of thioether (sulfide) groups is 1. The van der Waals surface area contributed by atoms with E-state index >= 15 is 0 Å². The van der Waals surface area contributed by atoms with Crippen LogP contribution < -0.4 is 10.6 Å². The van der Waals surface area contributed by atoms with Crippen LogP contribution in [-0.2, 0) is 12.6 Å². The summed E-state index contributed by atoms with van der Waals surface area (Å²) in [5.41, 5.74) is -0.982. The van der Waals surface area contributed by atoms with E-state index in [0.717, 1.165) is 23.5 Å². The van der Waals surface area contributed by atoms with Gasteiger partial charge in [0.1, 0.15) is 5.60 Å². The first-order valence-corrected chi connectivity index (χ1v) is 8.46. The van der Waals surface area contributed by atoms with Crippen molar-refractivity contribution in [1.82, 2.24) is 20.4 Å². The van der Waals surface area contributed by atoms with Gasteiger partial charge in [0.05, 0.1) is 18.3 Å². The zero-order valence-corrected chi connectivity index (χ0v) is 16.9. The molecule has 23 heavy (non-hydrogen) atoms. The van der Waals surface area contributed by atoms with Gasteiger partial charge in [0.2, 0.25) is 0 Å². The SMILES string of the molecule is CN=C(NCC1(O)CCSC1)NCC(C)(O)c1cnn(C)c1.I. The van der Waals surface area contributed by atoms with Gasteiger partial charge in [-0.1, -0.05) is 0 Å². The van der Waals surface area contributed by atoms with Crippen LogP contribution in [-0.4, -0.2) is 63.2 Å². The Labute approximate surface area is 158 Å². The maximum Gasteiger partial charge on any atom is 0.191 e. The lowest BCUT2D eigenvalue weighted by Gasteiger charge is -2.26. The van der Waals surface area contributed by atoms with Crippen LogP contribution in [0.1, 0.15) is 18.9 Å². The van der Waals surface area contributed by atoms with Crippen molar-refractivity contribution in [3.05, 3.63) is 18.0 Å². The Morgan fingerprint density at radius 1 is 1.57 bits per heavy atom. The molecule has 1 fully saturated rings. The topological polar surface area (TPSA) is 94.7 Å². The van der Waals surface area contributed by atoms with Crippen LogP contribution in [0.4, 0.5) is 0 Å². The van der Waals surface area contributed by atoms with Crippen molar-refractivity contribution < 1.29 is 10.2 Å². The molecule has 7 nitrogen and oxygen atoms in total. The van der Waals surface area contributed by atoms with Crippen molar-refractivity contribution in [2.24, 2.45) is 12.0 Å². The van der Waals surface area contributed by atoms with Crippen molar-refractivity contribution in [1.29, 1.82) is 0 Å². The van der Waals surface area contributed by atoms with E-state index in [1.54, 1.807) is 42.8 Å². The number of rotatable bonds is 5. The summed E-state index contributed by atoms with van der Waals surface area (Å²) >= 11 is 1.76. The number of nitrogens with zero attached hydrogens (tertiary/aromatic N) is 3. The Bertz CT molecular complexity index is 529. The number of hydrogen-bond donors (Lipinski definition) is 4. The van der Waals surface area contributed by atoms with Crippen LogP contribution in [0.25, 0.3) is 0 Å². The molecule has 4 N–H and O–H groups in total. The fourth-order valence-electron chi connectivity index (χ4n) is 2.26. The maximum atomic E-state index is 10.5. The second kappa shape index (κ2) is 8.54. The van der Waals surface area contributed by atoms with Gasteiger partial charge in [-0.2, -0.15) is 16.9 Å². The van der Waals surface area contributed by atoms with Crippen LogP contribution in [0.2, 0.25) is 0 Å². The molecule has 1 aliphatic heterocycles. The van der Waals surface area contributed by atoms with Crippen LogP contribution >= 0.6 is 35.7 Å². The molecule has 0 aromatic carbocycles. The van der Waals surface area contributed by atoms with Crippen molar-refractivity contribution >= 4 is 41.7 Å². The molecule has 0 bridgehead atoms. The van der Waals surface area contributed by atoms with Crippen LogP contribution in [0.5, 0.6) is 0 Å². The molecule has 2 atom stereocenters. The standard InChI is InChI=1S/C14H25N5O2S.HI/c1-13(20,11-6-18-19(3)7-11)8-16-12(15-2)17-9-14(21)4-5-22-10-14;/h6-7,20-21H,4-5,8-10H2,1-3H3,(H2,15,16,17);1H. The molecule has 1 aromatic heterocycles. The van der Waals surface area contributed by atoms with Gasteiger partial charge in [-0.15, -0.1) is 24.0 Å². The Morgan fingerprint density at radius 2 is 2.30 bits per heavy atom. The van der Waals surface area contributed by atoms with Gasteiger partial charge in [-0.25, -0.2) is 0 Å². The predicted octanol–water partition coefficient (Wildman–Crippen LogP) is 0.279. The number of aromatic nitrogens is 2. The van der Waals surface area contributed by atoms with Crippen molar-refractivity contribution in [2.75, 3.05) is 31.6 Å². The smallest absolute Gasteiger partial charge is 0.191 e. The zero-order chi connectivity index (χ0) is 16.2. The first-order chi connectivity index (χ1) is 10.3. The lowest BCUT2D eigenvalue weighted by atomic mass is 10.00. The highest BCUT2D eigenvalue weighted by molar-refractivity contribution is 14.0. The average Bonchev–Trinajstić information content (AvgIpc) is 3.09. The molecule has 0 saturated carbocycles. The highest BCUT2D eigenvalue weighted by atomic mass is 127. The summed E-state index contributed by atoms with van der Waals surface area (Å²) in [6, 6.07) is 0. The lowest BCUT2D eigenvalue weighted by molar-refractivity contribution is 0.0607. The number of nitrogens with one attached hydrogen (secondary N) is 2. The summed E-state index contributed by atoms with van der Waals surface area (Å²) in [6.45, 7) is 2.48. The molecule has 2 unspecified atom stereocenters. The molecule has 132 valence electrons. The van der Waals surface area contributed by atoms with E-state index in [4.69, 9.17) is 0 Å². The number of aliphatic imine (C=N–C) groups is 1. The van der Waals surface area contributed by atoms with Crippen molar-refractivity contribution in [2.45, 2.75) is 24.5 Å². The van der Waals surface area contributed by atoms with Gasteiger partial charge in [-0.05, 0) is 19.1 Å². The number of halogens is 1. The molecule has 0 spiro atoms. The van der Waals surface area contributed by atoms with E-state index in [0.29, 0.717) is 19.0 Å². The first kappa shape index (κ1) is 20.5. The largest absolute Gasteiger partial charge is 0.387 e. The Hall–Kier alpha value is -0.520. The van der Waals surface area contributed by atoms with Gasteiger partial charge in [0, 0.05) is 38.2 Å². The van der Waals surface area contributed by atoms with E-state index < -0.39 is 11.2 Å². The normalized spacial score (nSPS) is 24.0. The summed E-state index contributed by atoms with van der Waals surface area (Å²) in [7, 11) is 3.48. The molecule has 0 aliphatic carbocycles. The number of aryl methyl sites for hydroxylation is 1. The average molecular weight is 455 g/mol. The summed E-state index contributed by atoms with van der Waals surface area (Å²) in [5, 5.41) is 31.1. The van der Waals surface area contributed by atoms with E-state index in [1.807, 2.05) is 7.05 Å². The molecule has 2 heterocycles. The van der Waals surface area contributed by atoms with Gasteiger partial charge >= 0.3 is 0 Å².